The molecule has 0 spiro atoms. The van der Waals surface area contributed by atoms with Crippen LogP contribution in [-0.4, -0.2) is 41.8 Å². The van der Waals surface area contributed by atoms with Gasteiger partial charge in [0.05, 0.1) is 0 Å². The fourth-order valence-corrected chi connectivity index (χ4v) is 4.30. The number of hydrogen-bond acceptors (Lipinski definition) is 6. The van der Waals surface area contributed by atoms with Crippen molar-refractivity contribution in [2.75, 3.05) is 11.9 Å². The molecule has 0 aliphatic rings. The van der Waals surface area contributed by atoms with Crippen LogP contribution in [-0.2, 0) is 17.1 Å². The summed E-state index contributed by atoms with van der Waals surface area (Å²) in [6, 6.07) is 3.46. The first-order valence-corrected chi connectivity index (χ1v) is 10.4. The van der Waals surface area contributed by atoms with Crippen molar-refractivity contribution in [1.29, 1.82) is 0 Å². The van der Waals surface area contributed by atoms with Crippen LogP contribution in [0, 0.1) is 0 Å². The van der Waals surface area contributed by atoms with E-state index in [1.165, 1.54) is 13.0 Å². The predicted octanol–water partition coefficient (Wildman–Crippen LogP) is -0.0184. The number of hydrogen-bond donors (Lipinski definition) is 4. The van der Waals surface area contributed by atoms with Crippen LogP contribution in [0.25, 0.3) is 0 Å². The Morgan fingerprint density at radius 1 is 1.30 bits per heavy atom. The monoisotopic (exact) mass is 388 g/mol. The van der Waals surface area contributed by atoms with Gasteiger partial charge in [-0.2, -0.15) is 0 Å². The van der Waals surface area contributed by atoms with Crippen LogP contribution in [0.1, 0.15) is 32.6 Å². The van der Waals surface area contributed by atoms with E-state index in [1.54, 1.807) is 0 Å². The normalized spacial score (nSPS) is 13.2. The van der Waals surface area contributed by atoms with Crippen LogP contribution in [0.2, 0.25) is 0 Å². The quantitative estimate of drug-likeness (QED) is 0.363. The summed E-state index contributed by atoms with van der Waals surface area (Å²) >= 11 is -5.18. The zero-order valence-electron chi connectivity index (χ0n) is 12.8. The minimum atomic E-state index is -5.18. The molecule has 5 N–H and O–H groups in total. The van der Waals surface area contributed by atoms with Crippen LogP contribution >= 0.6 is 0 Å². The molecule has 0 radical (unpaired) electrons. The average Bonchev–Trinajstić information content (AvgIpc) is 2.42. The van der Waals surface area contributed by atoms with Crippen molar-refractivity contribution in [2.45, 2.75) is 32.6 Å². The van der Waals surface area contributed by atoms with Gasteiger partial charge >= 0.3 is 136 Å². The summed E-state index contributed by atoms with van der Waals surface area (Å²) in [6.45, 7) is 1.73. The third kappa shape index (κ3) is 6.48. The van der Waals surface area contributed by atoms with E-state index in [-0.39, 0.29) is 22.2 Å². The van der Waals surface area contributed by atoms with E-state index >= 15 is 0 Å². The number of nitrogens with one attached hydrogen (secondary N) is 1. The van der Waals surface area contributed by atoms with E-state index < -0.39 is 26.0 Å². The second-order valence-corrected chi connectivity index (χ2v) is 8.54. The zero-order valence-corrected chi connectivity index (χ0v) is 14.7. The van der Waals surface area contributed by atoms with E-state index in [2.05, 4.69) is 5.32 Å². The molecule has 1 aromatic rings. The van der Waals surface area contributed by atoms with E-state index in [0.717, 1.165) is 25.0 Å². The molecule has 0 aliphatic heterocycles. The van der Waals surface area contributed by atoms with Crippen molar-refractivity contribution < 1.29 is 26.3 Å². The number of phenolic OH excluding ortho intramolecular Hbond substituents is 1. The number of amides is 1. The third-order valence-corrected chi connectivity index (χ3v) is 5.95. The first-order valence-electron chi connectivity index (χ1n) is 7.12. The number of rotatable bonds is 8. The molecule has 0 saturated carbocycles. The van der Waals surface area contributed by atoms with Gasteiger partial charge in [0.15, 0.2) is 0 Å². The summed E-state index contributed by atoms with van der Waals surface area (Å²) in [5.74, 6) is -1.46. The summed E-state index contributed by atoms with van der Waals surface area (Å²) in [4.78, 5) is 22.8. The second-order valence-electron chi connectivity index (χ2n) is 4.97. The molecule has 0 saturated heterocycles. The first-order chi connectivity index (χ1) is 10.8. The third-order valence-electron chi connectivity index (χ3n) is 2.91. The first kappa shape index (κ1) is 19.3. The van der Waals surface area contributed by atoms with E-state index in [9.17, 15) is 22.5 Å². The van der Waals surface area contributed by atoms with Gasteiger partial charge in [0.1, 0.15) is 0 Å². The summed E-state index contributed by atoms with van der Waals surface area (Å²) in [6.07, 6.45) is 2.02. The van der Waals surface area contributed by atoms with Crippen molar-refractivity contribution in [3.8, 4) is 5.75 Å². The Hall–Kier alpha value is -1.76. The summed E-state index contributed by atoms with van der Waals surface area (Å²) in [5, 5.41) is 11.8. The Labute approximate surface area is 137 Å². The predicted molar refractivity (Wildman–Crippen MR) is 84.3 cm³/mol. The maximum absolute atomic E-state index is 12.3. The Kier molecular flexibility index (Phi) is 7.35. The molecule has 0 aliphatic carbocycles. The summed E-state index contributed by atoms with van der Waals surface area (Å²) in [7, 11) is 0. The van der Waals surface area contributed by atoms with Crippen molar-refractivity contribution >= 4 is 36.1 Å². The second kappa shape index (κ2) is 8.76. The number of phenols is 1. The fourth-order valence-electron chi connectivity index (χ4n) is 1.88. The molecule has 1 rings (SSSR count). The molecular weight excluding hydrogens is 367 g/mol. The Morgan fingerprint density at radius 2 is 2.00 bits per heavy atom. The van der Waals surface area contributed by atoms with Gasteiger partial charge in [0.25, 0.3) is 0 Å². The van der Waals surface area contributed by atoms with E-state index in [0.29, 0.717) is 13.0 Å². The number of aromatic hydroxyl groups is 1. The van der Waals surface area contributed by atoms with Crippen molar-refractivity contribution in [1.82, 2.24) is 0 Å². The van der Waals surface area contributed by atoms with Crippen LogP contribution < -0.4 is 15.4 Å². The average molecular weight is 388 g/mol. The molecular formula is C14H21AsN2O6. The number of carbonyl (C=O) groups is 2. The molecule has 8 nitrogen and oxygen atoms in total. The summed E-state index contributed by atoms with van der Waals surface area (Å²) < 4.78 is 26.9. The number of nitrogens with two attached hydrogens (primary N) is 1. The van der Waals surface area contributed by atoms with Crippen molar-refractivity contribution in [2.24, 2.45) is 5.73 Å². The van der Waals surface area contributed by atoms with Gasteiger partial charge in [0, 0.05) is 0 Å². The molecule has 128 valence electrons. The van der Waals surface area contributed by atoms with Crippen LogP contribution in [0.4, 0.5) is 5.69 Å². The Balaban J connectivity index is 2.84. The van der Waals surface area contributed by atoms with Gasteiger partial charge in [-0.25, -0.2) is 0 Å². The summed E-state index contributed by atoms with van der Waals surface area (Å²) in [5.41, 5.74) is 5.28. The SMILES string of the molecule is CC(=O)Nc1cc(O)ccc1[As](=O)(O)OC(=O)CCCCCN. The zero-order chi connectivity index (χ0) is 17.5. The van der Waals surface area contributed by atoms with Crippen LogP contribution in [0.15, 0.2) is 18.2 Å². The molecule has 0 fully saturated rings. The van der Waals surface area contributed by atoms with Gasteiger partial charge in [-0.15, -0.1) is 0 Å². The number of benzene rings is 1. The molecule has 0 bridgehead atoms. The fraction of sp³-hybridized carbons (Fsp3) is 0.429. The van der Waals surface area contributed by atoms with Crippen molar-refractivity contribution in [3.63, 3.8) is 0 Å². The number of anilines is 1. The van der Waals surface area contributed by atoms with Gasteiger partial charge in [-0.1, -0.05) is 0 Å². The molecule has 23 heavy (non-hydrogen) atoms. The van der Waals surface area contributed by atoms with Crippen LogP contribution in [0.3, 0.4) is 0 Å². The number of carbonyl (C=O) groups excluding carboxylic acids is 2. The Bertz CT molecular complexity index is 619. The van der Waals surface area contributed by atoms with E-state index in [4.69, 9.17) is 9.46 Å². The molecule has 1 unspecified atom stereocenters. The molecule has 0 aromatic heterocycles. The molecule has 1 aromatic carbocycles. The van der Waals surface area contributed by atoms with Gasteiger partial charge < -0.3 is 0 Å². The molecule has 9 heteroatoms. The topological polar surface area (TPSA) is 139 Å². The van der Waals surface area contributed by atoms with Gasteiger partial charge in [-0.3, -0.25) is 0 Å². The van der Waals surface area contributed by atoms with Crippen LogP contribution in [0.5, 0.6) is 5.75 Å². The minimum absolute atomic E-state index is 0.0133. The van der Waals surface area contributed by atoms with Gasteiger partial charge in [-0.05, 0) is 0 Å². The maximum atomic E-state index is 12.3. The van der Waals surface area contributed by atoms with E-state index in [1.807, 2.05) is 0 Å². The number of unbranched alkanes of at least 4 members (excludes halogenated alkanes) is 2. The molecule has 0 heterocycles. The Morgan fingerprint density at radius 3 is 2.61 bits per heavy atom. The molecule has 1 atom stereocenters. The van der Waals surface area contributed by atoms with Crippen molar-refractivity contribution in [3.05, 3.63) is 18.2 Å². The van der Waals surface area contributed by atoms with Gasteiger partial charge in [0.2, 0.25) is 0 Å². The molecule has 1 amide bonds. The standard InChI is InChI=1S/C14H21AsN2O6/c1-10(18)17-13-9-11(19)6-7-12(13)15(21,22)23-14(20)5-3-2-4-8-16/h6-7,9,19H,2-5,8,16H2,1H3,(H,17,18)(H,21,22).